The van der Waals surface area contributed by atoms with E-state index in [0.717, 1.165) is 36.1 Å². The second-order valence-electron chi connectivity index (χ2n) is 5.02. The van der Waals surface area contributed by atoms with Crippen LogP contribution in [0.4, 0.5) is 0 Å². The van der Waals surface area contributed by atoms with Gasteiger partial charge in [0.05, 0.1) is 24.0 Å². The van der Waals surface area contributed by atoms with Crippen molar-refractivity contribution in [2.75, 3.05) is 20.1 Å². The van der Waals surface area contributed by atoms with Gasteiger partial charge in [0.15, 0.2) is 11.8 Å². The van der Waals surface area contributed by atoms with Gasteiger partial charge in [0.1, 0.15) is 0 Å². The van der Waals surface area contributed by atoms with Crippen LogP contribution in [-0.2, 0) is 6.54 Å². The van der Waals surface area contributed by atoms with E-state index in [4.69, 9.17) is 11.6 Å². The fraction of sp³-hybridized carbons (Fsp3) is 0.357. The lowest BCUT2D eigenvalue weighted by Gasteiger charge is -2.16. The Hall–Kier alpha value is -1.35. The maximum atomic E-state index is 5.95. The van der Waals surface area contributed by atoms with Gasteiger partial charge in [-0.2, -0.15) is 5.10 Å². The van der Waals surface area contributed by atoms with Crippen LogP contribution >= 0.6 is 35.6 Å². The summed E-state index contributed by atoms with van der Waals surface area (Å²) in [4.78, 5) is 11.1. The topological polar surface area (TPSA) is 58.3 Å². The highest BCUT2D eigenvalue weighted by Crippen LogP contribution is 2.15. The van der Waals surface area contributed by atoms with Crippen LogP contribution in [0.1, 0.15) is 11.3 Å². The van der Waals surface area contributed by atoms with E-state index < -0.39 is 0 Å². The number of aromatic nitrogens is 3. The monoisotopic (exact) mass is 432 g/mol. The van der Waals surface area contributed by atoms with E-state index in [0.29, 0.717) is 11.6 Å². The van der Waals surface area contributed by atoms with Crippen molar-refractivity contribution < 1.29 is 0 Å². The summed E-state index contributed by atoms with van der Waals surface area (Å²) in [6, 6.07) is 4.04. The number of likely N-dealkylation sites (N-methyl/N-ethyl adjacent to an activating group) is 1. The molecule has 6 nitrogen and oxygen atoms in total. The molecular formula is C14H18ClIN6. The Balaban J connectivity index is 0.00000176. The molecule has 0 saturated carbocycles. The van der Waals surface area contributed by atoms with E-state index in [9.17, 15) is 0 Å². The third-order valence-electron chi connectivity index (χ3n) is 3.36. The molecule has 0 unspecified atom stereocenters. The molecule has 3 rings (SSSR count). The van der Waals surface area contributed by atoms with Gasteiger partial charge in [-0.05, 0) is 13.0 Å². The van der Waals surface area contributed by atoms with Crippen LogP contribution in [0.3, 0.4) is 0 Å². The van der Waals surface area contributed by atoms with Crippen molar-refractivity contribution in [3.8, 4) is 5.82 Å². The van der Waals surface area contributed by atoms with Crippen LogP contribution in [-0.4, -0.2) is 45.8 Å². The number of hydrogen-bond acceptors (Lipinski definition) is 5. The highest BCUT2D eigenvalue weighted by molar-refractivity contribution is 14.0. The summed E-state index contributed by atoms with van der Waals surface area (Å²) in [5.41, 5.74) is 1.99. The standard InChI is InChI=1S/C14H17ClN6.HI/c1-10-3-4-11(7-17-14-16-5-6-20(14)2)13(19-10)21-9-12(15)8-18-21;/h3-4,8-9H,5-7H2,1-2H3,(H,16,17);1H. The van der Waals surface area contributed by atoms with E-state index in [1.165, 1.54) is 0 Å². The number of rotatable bonds is 3. The van der Waals surface area contributed by atoms with Crippen LogP contribution in [0.5, 0.6) is 0 Å². The number of halogens is 2. The minimum Gasteiger partial charge on any atom is -0.352 e. The molecule has 0 bridgehead atoms. The molecule has 0 aromatic carbocycles. The first-order valence-electron chi connectivity index (χ1n) is 6.80. The summed E-state index contributed by atoms with van der Waals surface area (Å²) in [6.07, 6.45) is 3.36. The molecule has 0 spiro atoms. The average molecular weight is 433 g/mol. The fourth-order valence-corrected chi connectivity index (χ4v) is 2.36. The van der Waals surface area contributed by atoms with E-state index >= 15 is 0 Å². The Labute approximate surface area is 151 Å². The number of pyridine rings is 1. The minimum atomic E-state index is 0. The Morgan fingerprint density at radius 3 is 2.82 bits per heavy atom. The molecule has 0 radical (unpaired) electrons. The summed E-state index contributed by atoms with van der Waals surface area (Å²) in [6.45, 7) is 4.40. The summed E-state index contributed by atoms with van der Waals surface area (Å²) in [5.74, 6) is 1.70. The molecule has 8 heteroatoms. The Morgan fingerprint density at radius 2 is 2.18 bits per heavy atom. The van der Waals surface area contributed by atoms with E-state index in [1.807, 2.05) is 20.0 Å². The van der Waals surface area contributed by atoms with E-state index in [2.05, 4.69) is 31.4 Å². The zero-order valence-electron chi connectivity index (χ0n) is 12.5. The van der Waals surface area contributed by atoms with E-state index in [-0.39, 0.29) is 24.0 Å². The first-order chi connectivity index (χ1) is 10.1. The molecule has 0 fully saturated rings. The molecule has 0 amide bonds. The van der Waals surface area contributed by atoms with Crippen molar-refractivity contribution in [3.63, 3.8) is 0 Å². The maximum Gasteiger partial charge on any atom is 0.194 e. The van der Waals surface area contributed by atoms with Crippen LogP contribution in [0.2, 0.25) is 5.02 Å². The molecule has 0 aliphatic carbocycles. The molecule has 3 heterocycles. The predicted molar refractivity (Wildman–Crippen MR) is 98.3 cm³/mol. The summed E-state index contributed by atoms with van der Waals surface area (Å²) >= 11 is 5.95. The van der Waals surface area contributed by atoms with Crippen molar-refractivity contribution >= 4 is 41.5 Å². The zero-order chi connectivity index (χ0) is 14.8. The lowest BCUT2D eigenvalue weighted by molar-refractivity contribution is 0.533. The van der Waals surface area contributed by atoms with Gasteiger partial charge in [-0.25, -0.2) is 9.67 Å². The Bertz CT molecular complexity index is 684. The van der Waals surface area contributed by atoms with Crippen molar-refractivity contribution in [2.24, 2.45) is 4.99 Å². The molecule has 1 aliphatic heterocycles. The SMILES string of the molecule is Cc1ccc(CNC2=NCCN2C)c(-n2cc(Cl)cn2)n1.I. The quantitative estimate of drug-likeness (QED) is 0.756. The number of nitrogens with one attached hydrogen (secondary N) is 1. The molecule has 2 aromatic rings. The van der Waals surface area contributed by atoms with Crippen LogP contribution < -0.4 is 5.32 Å². The van der Waals surface area contributed by atoms with Gasteiger partial charge in [-0.3, -0.25) is 4.99 Å². The number of nitrogens with zero attached hydrogens (tertiary/aromatic N) is 5. The van der Waals surface area contributed by atoms with Gasteiger partial charge < -0.3 is 10.2 Å². The lowest BCUT2D eigenvalue weighted by Crippen LogP contribution is -2.35. The van der Waals surface area contributed by atoms with Crippen molar-refractivity contribution in [3.05, 3.63) is 40.8 Å². The minimum absolute atomic E-state index is 0. The molecule has 0 atom stereocenters. The maximum absolute atomic E-state index is 5.95. The zero-order valence-corrected chi connectivity index (χ0v) is 15.5. The van der Waals surface area contributed by atoms with Gasteiger partial charge in [-0.1, -0.05) is 17.7 Å². The smallest absolute Gasteiger partial charge is 0.194 e. The Kier molecular flexibility index (Phi) is 5.63. The lowest BCUT2D eigenvalue weighted by atomic mass is 10.2. The normalized spacial score (nSPS) is 13.8. The number of aliphatic imine (C=N–C) groups is 1. The third-order valence-corrected chi connectivity index (χ3v) is 3.55. The molecular weight excluding hydrogens is 415 g/mol. The number of hydrogen-bond donors (Lipinski definition) is 1. The number of guanidine groups is 1. The summed E-state index contributed by atoms with van der Waals surface area (Å²) < 4.78 is 1.70. The molecule has 118 valence electrons. The third kappa shape index (κ3) is 3.70. The Morgan fingerprint density at radius 1 is 1.36 bits per heavy atom. The molecule has 1 aliphatic rings. The van der Waals surface area contributed by atoms with Crippen LogP contribution in [0, 0.1) is 6.92 Å². The largest absolute Gasteiger partial charge is 0.352 e. The van der Waals surface area contributed by atoms with Gasteiger partial charge in [0.25, 0.3) is 0 Å². The first kappa shape index (κ1) is 17.0. The highest BCUT2D eigenvalue weighted by Gasteiger charge is 2.14. The molecule has 0 saturated heterocycles. The van der Waals surface area contributed by atoms with Crippen LogP contribution in [0.25, 0.3) is 5.82 Å². The average Bonchev–Trinajstić information content (AvgIpc) is 3.06. The highest BCUT2D eigenvalue weighted by atomic mass is 127. The van der Waals surface area contributed by atoms with Crippen molar-refractivity contribution in [1.29, 1.82) is 0 Å². The second kappa shape index (κ2) is 7.28. The summed E-state index contributed by atoms with van der Waals surface area (Å²) in [7, 11) is 2.03. The molecule has 1 N–H and O–H groups in total. The second-order valence-corrected chi connectivity index (χ2v) is 5.46. The summed E-state index contributed by atoms with van der Waals surface area (Å²) in [5, 5.41) is 8.18. The van der Waals surface area contributed by atoms with Gasteiger partial charge in [0.2, 0.25) is 0 Å². The van der Waals surface area contributed by atoms with Crippen molar-refractivity contribution in [1.82, 2.24) is 25.0 Å². The van der Waals surface area contributed by atoms with Crippen molar-refractivity contribution in [2.45, 2.75) is 13.5 Å². The first-order valence-corrected chi connectivity index (χ1v) is 7.18. The fourth-order valence-electron chi connectivity index (χ4n) is 2.22. The molecule has 22 heavy (non-hydrogen) atoms. The predicted octanol–water partition coefficient (Wildman–Crippen LogP) is 2.24. The van der Waals surface area contributed by atoms with Gasteiger partial charge in [-0.15, -0.1) is 24.0 Å². The number of aryl methyl sites for hydroxylation is 1. The van der Waals surface area contributed by atoms with Gasteiger partial charge in [0, 0.05) is 31.4 Å². The van der Waals surface area contributed by atoms with E-state index in [1.54, 1.807) is 17.1 Å². The van der Waals surface area contributed by atoms with Crippen LogP contribution in [0.15, 0.2) is 29.5 Å². The van der Waals surface area contributed by atoms with Gasteiger partial charge >= 0.3 is 0 Å². The molecule has 2 aromatic heterocycles.